The van der Waals surface area contributed by atoms with Gasteiger partial charge in [0.1, 0.15) is 0 Å². The third-order valence-corrected chi connectivity index (χ3v) is 5.71. The SMILES string of the molecule is CC(C)CC(CCl)(CCl)Cc1ccn(C2CCCCC2)n1. The Morgan fingerprint density at radius 2 is 1.90 bits per heavy atom. The van der Waals surface area contributed by atoms with Gasteiger partial charge in [0, 0.05) is 23.4 Å². The maximum absolute atomic E-state index is 6.25. The second kappa shape index (κ2) is 7.87. The Bertz CT molecular complexity index is 418. The lowest BCUT2D eigenvalue weighted by molar-refractivity contribution is 0.288. The molecule has 2 nitrogen and oxygen atoms in total. The Labute approximate surface area is 139 Å². The standard InChI is InChI=1S/C17H28Cl2N2/c1-14(2)10-17(12-18,13-19)11-15-8-9-21(20-15)16-6-4-3-5-7-16/h8-9,14,16H,3-7,10-13H2,1-2H3. The molecule has 1 heterocycles. The lowest BCUT2D eigenvalue weighted by atomic mass is 9.80. The highest BCUT2D eigenvalue weighted by Gasteiger charge is 2.31. The van der Waals surface area contributed by atoms with E-state index in [-0.39, 0.29) is 5.41 Å². The molecule has 0 aliphatic heterocycles. The van der Waals surface area contributed by atoms with Crippen LogP contribution in [0.15, 0.2) is 12.3 Å². The van der Waals surface area contributed by atoms with E-state index in [1.807, 2.05) is 0 Å². The van der Waals surface area contributed by atoms with Crippen molar-refractivity contribution >= 4 is 23.2 Å². The zero-order chi connectivity index (χ0) is 15.3. The number of hydrogen-bond acceptors (Lipinski definition) is 1. The van der Waals surface area contributed by atoms with Crippen LogP contribution in [0.4, 0.5) is 0 Å². The zero-order valence-electron chi connectivity index (χ0n) is 13.3. The molecule has 0 N–H and O–H groups in total. The number of halogens is 2. The molecule has 0 unspecified atom stereocenters. The minimum Gasteiger partial charge on any atom is -0.269 e. The molecule has 0 radical (unpaired) electrons. The van der Waals surface area contributed by atoms with E-state index >= 15 is 0 Å². The van der Waals surface area contributed by atoms with Gasteiger partial charge < -0.3 is 0 Å². The number of hydrogen-bond donors (Lipinski definition) is 0. The first kappa shape index (κ1) is 17.1. The fraction of sp³-hybridized carbons (Fsp3) is 0.824. The predicted octanol–water partition coefficient (Wildman–Crippen LogP) is 5.44. The minimum absolute atomic E-state index is 0.0248. The van der Waals surface area contributed by atoms with Crippen LogP contribution in [0.5, 0.6) is 0 Å². The molecule has 1 aromatic heterocycles. The summed E-state index contributed by atoms with van der Waals surface area (Å²) in [7, 11) is 0. The summed E-state index contributed by atoms with van der Waals surface area (Å²) in [6.45, 7) is 4.46. The van der Waals surface area contributed by atoms with Crippen molar-refractivity contribution in [3.05, 3.63) is 18.0 Å². The van der Waals surface area contributed by atoms with E-state index in [9.17, 15) is 0 Å². The van der Waals surface area contributed by atoms with E-state index < -0.39 is 0 Å². The Kier molecular flexibility index (Phi) is 6.43. The normalized spacial score (nSPS) is 17.6. The van der Waals surface area contributed by atoms with Crippen molar-refractivity contribution in [3.8, 4) is 0 Å². The van der Waals surface area contributed by atoms with Crippen molar-refractivity contribution in [1.29, 1.82) is 0 Å². The van der Waals surface area contributed by atoms with Gasteiger partial charge in [-0.1, -0.05) is 33.1 Å². The lowest BCUT2D eigenvalue weighted by Gasteiger charge is -2.30. The number of rotatable bonds is 7. The highest BCUT2D eigenvalue weighted by Crippen LogP contribution is 2.34. The molecule has 0 aromatic carbocycles. The number of alkyl halides is 2. The van der Waals surface area contributed by atoms with Crippen LogP contribution in [0.25, 0.3) is 0 Å². The molecule has 1 fully saturated rings. The maximum atomic E-state index is 6.25. The van der Waals surface area contributed by atoms with Crippen LogP contribution in [0, 0.1) is 11.3 Å². The van der Waals surface area contributed by atoms with Crippen LogP contribution >= 0.6 is 23.2 Å². The first-order chi connectivity index (χ1) is 10.1. The van der Waals surface area contributed by atoms with Crippen molar-refractivity contribution in [3.63, 3.8) is 0 Å². The molecule has 0 spiro atoms. The molecule has 1 saturated carbocycles. The van der Waals surface area contributed by atoms with Gasteiger partial charge in [0.2, 0.25) is 0 Å². The summed E-state index contributed by atoms with van der Waals surface area (Å²) >= 11 is 12.5. The molecular formula is C17H28Cl2N2. The topological polar surface area (TPSA) is 17.8 Å². The average Bonchev–Trinajstić information content (AvgIpc) is 2.95. The molecule has 4 heteroatoms. The molecule has 2 rings (SSSR count). The van der Waals surface area contributed by atoms with E-state index in [1.54, 1.807) is 0 Å². The fourth-order valence-electron chi connectivity index (χ4n) is 3.58. The van der Waals surface area contributed by atoms with Gasteiger partial charge >= 0.3 is 0 Å². The average molecular weight is 331 g/mol. The third-order valence-electron chi connectivity index (χ3n) is 4.58. The number of aromatic nitrogens is 2. The van der Waals surface area contributed by atoms with E-state index in [0.717, 1.165) is 18.5 Å². The Hall–Kier alpha value is -0.210. The van der Waals surface area contributed by atoms with Gasteiger partial charge in [-0.25, -0.2) is 0 Å². The van der Waals surface area contributed by atoms with Crippen molar-refractivity contribution in [2.24, 2.45) is 11.3 Å². The van der Waals surface area contributed by atoms with Gasteiger partial charge in [-0.2, -0.15) is 5.10 Å². The van der Waals surface area contributed by atoms with Crippen LogP contribution in [-0.2, 0) is 6.42 Å². The molecule has 1 aromatic rings. The largest absolute Gasteiger partial charge is 0.269 e. The lowest BCUT2D eigenvalue weighted by Crippen LogP contribution is -2.30. The second-order valence-electron chi connectivity index (χ2n) is 7.12. The van der Waals surface area contributed by atoms with E-state index in [4.69, 9.17) is 28.3 Å². The van der Waals surface area contributed by atoms with Gasteiger partial charge in [-0.15, -0.1) is 23.2 Å². The molecule has 1 aliphatic carbocycles. The van der Waals surface area contributed by atoms with Crippen molar-refractivity contribution < 1.29 is 0 Å². The molecule has 0 bridgehead atoms. The molecule has 21 heavy (non-hydrogen) atoms. The fourth-order valence-corrected chi connectivity index (χ4v) is 4.28. The summed E-state index contributed by atoms with van der Waals surface area (Å²) in [5, 5.41) is 4.82. The van der Waals surface area contributed by atoms with E-state index in [2.05, 4.69) is 30.8 Å². The number of nitrogens with zero attached hydrogens (tertiary/aromatic N) is 2. The van der Waals surface area contributed by atoms with Crippen LogP contribution in [0.2, 0.25) is 0 Å². The third kappa shape index (κ3) is 4.63. The highest BCUT2D eigenvalue weighted by atomic mass is 35.5. The Morgan fingerprint density at radius 3 is 2.48 bits per heavy atom. The van der Waals surface area contributed by atoms with Crippen LogP contribution < -0.4 is 0 Å². The van der Waals surface area contributed by atoms with E-state index in [1.165, 1.54) is 32.1 Å². The predicted molar refractivity (Wildman–Crippen MR) is 91.4 cm³/mol. The van der Waals surface area contributed by atoms with Crippen LogP contribution in [0.1, 0.15) is 64.1 Å². The quantitative estimate of drug-likeness (QED) is 0.608. The second-order valence-corrected chi connectivity index (χ2v) is 7.66. The van der Waals surface area contributed by atoms with Gasteiger partial charge in [0.15, 0.2) is 0 Å². The summed E-state index contributed by atoms with van der Waals surface area (Å²) in [5.74, 6) is 1.80. The maximum Gasteiger partial charge on any atom is 0.0631 e. The first-order valence-electron chi connectivity index (χ1n) is 8.24. The molecule has 0 saturated heterocycles. The Morgan fingerprint density at radius 1 is 1.24 bits per heavy atom. The highest BCUT2D eigenvalue weighted by molar-refractivity contribution is 6.21. The smallest absolute Gasteiger partial charge is 0.0631 e. The van der Waals surface area contributed by atoms with Gasteiger partial charge in [-0.3, -0.25) is 4.68 Å². The molecule has 120 valence electrons. The van der Waals surface area contributed by atoms with Crippen molar-refractivity contribution in [2.45, 2.75) is 64.8 Å². The molecule has 0 atom stereocenters. The zero-order valence-corrected chi connectivity index (χ0v) is 14.8. The first-order valence-corrected chi connectivity index (χ1v) is 9.31. The van der Waals surface area contributed by atoms with Gasteiger partial charge in [0.25, 0.3) is 0 Å². The Balaban J connectivity index is 2.05. The van der Waals surface area contributed by atoms with Crippen molar-refractivity contribution in [2.75, 3.05) is 11.8 Å². The van der Waals surface area contributed by atoms with Crippen LogP contribution in [0.3, 0.4) is 0 Å². The molecular weight excluding hydrogens is 303 g/mol. The van der Waals surface area contributed by atoms with E-state index in [0.29, 0.717) is 23.7 Å². The molecule has 1 aliphatic rings. The molecule has 0 amide bonds. The summed E-state index contributed by atoms with van der Waals surface area (Å²) in [6.07, 6.45) is 10.7. The summed E-state index contributed by atoms with van der Waals surface area (Å²) in [4.78, 5) is 0. The van der Waals surface area contributed by atoms with Gasteiger partial charge in [-0.05, 0) is 37.7 Å². The van der Waals surface area contributed by atoms with Crippen molar-refractivity contribution in [1.82, 2.24) is 9.78 Å². The van der Waals surface area contributed by atoms with Gasteiger partial charge in [0.05, 0.1) is 11.7 Å². The summed E-state index contributed by atoms with van der Waals surface area (Å²) < 4.78 is 2.18. The minimum atomic E-state index is -0.0248. The van der Waals surface area contributed by atoms with Crippen LogP contribution in [-0.4, -0.2) is 21.5 Å². The monoisotopic (exact) mass is 330 g/mol. The summed E-state index contributed by atoms with van der Waals surface area (Å²) in [6, 6.07) is 2.75. The summed E-state index contributed by atoms with van der Waals surface area (Å²) in [5.41, 5.74) is 1.12.